The summed E-state index contributed by atoms with van der Waals surface area (Å²) in [6, 6.07) is 10.1. The highest BCUT2D eigenvalue weighted by Crippen LogP contribution is 2.20. The van der Waals surface area contributed by atoms with Crippen LogP contribution in [0.3, 0.4) is 0 Å². The molecule has 0 aliphatic carbocycles. The summed E-state index contributed by atoms with van der Waals surface area (Å²) in [5.74, 6) is -1.94. The van der Waals surface area contributed by atoms with Crippen LogP contribution in [0.5, 0.6) is 0 Å². The van der Waals surface area contributed by atoms with Crippen LogP contribution in [-0.4, -0.2) is 32.8 Å². The predicted octanol–water partition coefficient (Wildman–Crippen LogP) is 3.84. The molecule has 25 heavy (non-hydrogen) atoms. The van der Waals surface area contributed by atoms with Gasteiger partial charge in [-0.3, -0.25) is 9.59 Å². The van der Waals surface area contributed by atoms with Gasteiger partial charge >= 0.3 is 11.9 Å². The number of ether oxygens (including phenoxy) is 3. The molecule has 0 spiro atoms. The number of hydrogen-bond acceptors (Lipinski definition) is 5. The molecule has 1 aromatic rings. The lowest BCUT2D eigenvalue weighted by Crippen LogP contribution is -2.26. The van der Waals surface area contributed by atoms with Crippen molar-refractivity contribution in [2.75, 3.05) is 20.8 Å². The number of methoxy groups -OCH3 is 2. The second kappa shape index (κ2) is 12.3. The van der Waals surface area contributed by atoms with Crippen LogP contribution in [0.1, 0.15) is 44.3 Å². The van der Waals surface area contributed by atoms with E-state index in [1.54, 1.807) is 0 Å². The van der Waals surface area contributed by atoms with Crippen LogP contribution in [0.4, 0.5) is 0 Å². The van der Waals surface area contributed by atoms with Crippen LogP contribution >= 0.6 is 0 Å². The zero-order chi connectivity index (χ0) is 18.5. The fourth-order valence-electron chi connectivity index (χ4n) is 2.53. The first-order valence-electron chi connectivity index (χ1n) is 8.61. The smallest absolute Gasteiger partial charge is 0.320 e. The summed E-state index contributed by atoms with van der Waals surface area (Å²) < 4.78 is 15.1. The molecule has 0 fully saturated rings. The Hall–Kier alpha value is -2.14. The van der Waals surface area contributed by atoms with E-state index in [-0.39, 0.29) is 6.10 Å². The Labute approximate surface area is 150 Å². The predicted molar refractivity (Wildman–Crippen MR) is 95.9 cm³/mol. The van der Waals surface area contributed by atoms with Gasteiger partial charge in [-0.05, 0) is 31.2 Å². The lowest BCUT2D eigenvalue weighted by atomic mass is 10.0. The van der Waals surface area contributed by atoms with Crippen molar-refractivity contribution in [1.29, 1.82) is 0 Å². The van der Waals surface area contributed by atoms with E-state index in [1.807, 2.05) is 30.4 Å². The average Bonchev–Trinajstić information content (AvgIpc) is 2.66. The van der Waals surface area contributed by atoms with Crippen LogP contribution in [-0.2, 0) is 23.8 Å². The summed E-state index contributed by atoms with van der Waals surface area (Å²) in [7, 11) is 2.54. The van der Waals surface area contributed by atoms with Gasteiger partial charge in [0.15, 0.2) is 5.92 Å². The minimum absolute atomic E-state index is 0.0916. The molecule has 5 heteroatoms. The summed E-state index contributed by atoms with van der Waals surface area (Å²) in [4.78, 5) is 23.1. The van der Waals surface area contributed by atoms with E-state index in [1.165, 1.54) is 19.8 Å². The number of rotatable bonds is 11. The first-order chi connectivity index (χ1) is 12.1. The van der Waals surface area contributed by atoms with Crippen molar-refractivity contribution in [2.45, 2.75) is 38.7 Å². The van der Waals surface area contributed by atoms with Gasteiger partial charge in [-0.25, -0.2) is 0 Å². The van der Waals surface area contributed by atoms with Crippen molar-refractivity contribution in [3.8, 4) is 0 Å². The van der Waals surface area contributed by atoms with Gasteiger partial charge in [-0.1, -0.05) is 49.4 Å². The maximum Gasteiger partial charge on any atom is 0.320 e. The van der Waals surface area contributed by atoms with Gasteiger partial charge in [0.05, 0.1) is 26.9 Å². The van der Waals surface area contributed by atoms with E-state index in [9.17, 15) is 9.59 Å². The topological polar surface area (TPSA) is 61.8 Å². The molecule has 0 aliphatic rings. The lowest BCUT2D eigenvalue weighted by molar-refractivity contribution is -0.159. The summed E-state index contributed by atoms with van der Waals surface area (Å²) in [6.45, 7) is 2.63. The molecule has 138 valence electrons. The van der Waals surface area contributed by atoms with Crippen molar-refractivity contribution in [3.05, 3.63) is 48.0 Å². The summed E-state index contributed by atoms with van der Waals surface area (Å²) >= 11 is 0. The van der Waals surface area contributed by atoms with Gasteiger partial charge in [0, 0.05) is 0 Å². The maximum absolute atomic E-state index is 11.6. The van der Waals surface area contributed by atoms with Gasteiger partial charge < -0.3 is 14.2 Å². The minimum atomic E-state index is -0.845. The third-order valence-corrected chi connectivity index (χ3v) is 3.94. The summed E-state index contributed by atoms with van der Waals surface area (Å²) in [6.07, 6.45) is 6.84. The third-order valence-electron chi connectivity index (χ3n) is 3.94. The number of carbonyl (C=O) groups excluding carboxylic acids is 2. The highest BCUT2D eigenvalue weighted by Gasteiger charge is 2.27. The quantitative estimate of drug-likeness (QED) is 0.263. The Morgan fingerprint density at radius 3 is 2.24 bits per heavy atom. The second-order valence-corrected chi connectivity index (χ2v) is 5.64. The van der Waals surface area contributed by atoms with E-state index in [4.69, 9.17) is 4.74 Å². The number of esters is 2. The summed E-state index contributed by atoms with van der Waals surface area (Å²) in [5, 5.41) is 0. The molecule has 0 N–H and O–H groups in total. The number of allylic oxidation sites excluding steroid dienone is 1. The highest BCUT2D eigenvalue weighted by molar-refractivity contribution is 5.94. The Morgan fingerprint density at radius 2 is 1.68 bits per heavy atom. The van der Waals surface area contributed by atoms with Gasteiger partial charge in [0.1, 0.15) is 0 Å². The first kappa shape index (κ1) is 20.9. The largest absolute Gasteiger partial charge is 0.468 e. The van der Waals surface area contributed by atoms with Crippen LogP contribution in [0.15, 0.2) is 42.5 Å². The van der Waals surface area contributed by atoms with Crippen molar-refractivity contribution in [2.24, 2.45) is 5.92 Å². The van der Waals surface area contributed by atoms with Crippen molar-refractivity contribution < 1.29 is 23.8 Å². The molecule has 1 aromatic carbocycles. The molecule has 0 amide bonds. The molecule has 1 atom stereocenters. The molecule has 0 heterocycles. The van der Waals surface area contributed by atoms with Crippen LogP contribution in [0, 0.1) is 5.92 Å². The zero-order valence-electron chi connectivity index (χ0n) is 15.3. The Balaban J connectivity index is 2.31. The zero-order valence-corrected chi connectivity index (χ0v) is 15.3. The molecular weight excluding hydrogens is 320 g/mol. The molecule has 0 aliphatic heterocycles. The molecule has 0 saturated carbocycles. The molecule has 0 radical (unpaired) electrons. The second-order valence-electron chi connectivity index (χ2n) is 5.64. The molecule has 5 nitrogen and oxygen atoms in total. The van der Waals surface area contributed by atoms with Crippen LogP contribution in [0.2, 0.25) is 0 Å². The number of carbonyl (C=O) groups is 2. The Kier molecular flexibility index (Phi) is 10.2. The number of hydrogen-bond donors (Lipinski definition) is 0. The minimum Gasteiger partial charge on any atom is -0.468 e. The third kappa shape index (κ3) is 7.52. The van der Waals surface area contributed by atoms with Crippen LogP contribution in [0.25, 0.3) is 0 Å². The van der Waals surface area contributed by atoms with E-state index in [0.29, 0.717) is 19.4 Å². The number of benzene rings is 1. The van der Waals surface area contributed by atoms with Gasteiger partial charge in [0.25, 0.3) is 0 Å². The molecule has 0 bridgehead atoms. The van der Waals surface area contributed by atoms with Crippen molar-refractivity contribution >= 4 is 11.9 Å². The highest BCUT2D eigenvalue weighted by atomic mass is 16.5. The average molecular weight is 348 g/mol. The van der Waals surface area contributed by atoms with Crippen LogP contribution < -0.4 is 0 Å². The van der Waals surface area contributed by atoms with E-state index >= 15 is 0 Å². The Bertz CT molecular complexity index is 522. The lowest BCUT2D eigenvalue weighted by Gasteiger charge is -2.15. The Morgan fingerprint density at radius 1 is 1.04 bits per heavy atom. The molecule has 1 unspecified atom stereocenters. The molecular formula is C20H28O5. The van der Waals surface area contributed by atoms with Gasteiger partial charge in [0.2, 0.25) is 0 Å². The normalized spacial score (nSPS) is 12.3. The monoisotopic (exact) mass is 348 g/mol. The standard InChI is InChI=1S/C20H28O5/c1-4-18(16-12-8-7-9-13-16)25-15-11-6-5-10-14-17(19(21)23-2)20(22)24-3/h6-9,11-13,17-18H,4-5,10,14-15H2,1-3H3/b11-6+. The van der Waals surface area contributed by atoms with Gasteiger partial charge in [-0.2, -0.15) is 0 Å². The molecule has 0 aromatic heterocycles. The number of unbranched alkanes of at least 4 members (excludes halogenated alkanes) is 1. The van der Waals surface area contributed by atoms with Crippen molar-refractivity contribution in [1.82, 2.24) is 0 Å². The molecule has 1 rings (SSSR count). The fourth-order valence-corrected chi connectivity index (χ4v) is 2.53. The van der Waals surface area contributed by atoms with E-state index in [0.717, 1.165) is 12.8 Å². The first-order valence-corrected chi connectivity index (χ1v) is 8.61. The van der Waals surface area contributed by atoms with Crippen molar-refractivity contribution in [3.63, 3.8) is 0 Å². The van der Waals surface area contributed by atoms with Gasteiger partial charge in [-0.15, -0.1) is 0 Å². The fraction of sp³-hybridized carbons (Fsp3) is 0.500. The molecule has 0 saturated heterocycles. The van der Waals surface area contributed by atoms with E-state index < -0.39 is 17.9 Å². The maximum atomic E-state index is 11.6. The van der Waals surface area contributed by atoms with E-state index in [2.05, 4.69) is 28.5 Å². The summed E-state index contributed by atoms with van der Waals surface area (Å²) in [5.41, 5.74) is 1.18. The SMILES string of the molecule is CCC(OC/C=C/CCCC(C(=O)OC)C(=O)OC)c1ccccc1.